The summed E-state index contributed by atoms with van der Waals surface area (Å²) in [5.74, 6) is 0.241. The molecule has 2 aromatic carbocycles. The van der Waals surface area contributed by atoms with E-state index in [1.165, 1.54) is 0 Å². The summed E-state index contributed by atoms with van der Waals surface area (Å²) >= 11 is 0. The third kappa shape index (κ3) is 3.30. The number of aromatic amines is 1. The van der Waals surface area contributed by atoms with Gasteiger partial charge in [-0.25, -0.2) is 5.10 Å². The molecule has 1 aliphatic rings. The summed E-state index contributed by atoms with van der Waals surface area (Å²) in [5, 5.41) is 14.0. The number of H-pyrrole nitrogens is 1. The van der Waals surface area contributed by atoms with Crippen LogP contribution in [-0.2, 0) is 7.05 Å². The predicted molar refractivity (Wildman–Crippen MR) is 120 cm³/mol. The van der Waals surface area contributed by atoms with Gasteiger partial charge in [0.05, 0.1) is 16.6 Å². The van der Waals surface area contributed by atoms with Crippen LogP contribution in [0.4, 0.5) is 0 Å². The molecule has 1 N–H and O–H groups in total. The molecule has 5 rings (SSSR count). The number of rotatable bonds is 3. The van der Waals surface area contributed by atoms with Gasteiger partial charge in [-0.1, -0.05) is 36.4 Å². The number of benzene rings is 2. The van der Waals surface area contributed by atoms with Crippen LogP contribution >= 0.6 is 0 Å². The number of amides is 1. The highest BCUT2D eigenvalue weighted by Gasteiger charge is 2.31. The minimum Gasteiger partial charge on any atom is -0.337 e. The number of nitrogens with zero attached hydrogens (tertiary/aromatic N) is 4. The maximum absolute atomic E-state index is 13.2. The largest absolute Gasteiger partial charge is 0.337 e. The van der Waals surface area contributed by atoms with Gasteiger partial charge in [-0.05, 0) is 37.8 Å². The third-order valence-corrected chi connectivity index (χ3v) is 6.64. The highest BCUT2D eigenvalue weighted by molar-refractivity contribution is 6.04. The first-order chi connectivity index (χ1) is 15.0. The van der Waals surface area contributed by atoms with Gasteiger partial charge in [-0.15, -0.1) is 0 Å². The second kappa shape index (κ2) is 7.65. The molecule has 158 valence electrons. The van der Waals surface area contributed by atoms with Crippen LogP contribution in [0, 0.1) is 0 Å². The van der Waals surface area contributed by atoms with Gasteiger partial charge in [-0.2, -0.15) is 10.2 Å². The second-order valence-electron chi connectivity index (χ2n) is 8.39. The van der Waals surface area contributed by atoms with E-state index in [1.54, 1.807) is 4.68 Å². The zero-order chi connectivity index (χ0) is 21.5. The third-order valence-electron chi connectivity index (χ3n) is 6.64. The molecule has 0 unspecified atom stereocenters. The Morgan fingerprint density at radius 2 is 1.65 bits per heavy atom. The van der Waals surface area contributed by atoms with Crippen LogP contribution in [0.2, 0.25) is 0 Å². The molecule has 2 aromatic heterocycles. The summed E-state index contributed by atoms with van der Waals surface area (Å²) in [6.07, 6.45) is 3.64. The molecule has 0 saturated heterocycles. The Bertz CT molecular complexity index is 1330. The van der Waals surface area contributed by atoms with Crippen LogP contribution in [-0.4, -0.2) is 43.9 Å². The van der Waals surface area contributed by atoms with E-state index < -0.39 is 0 Å². The standard InChI is InChI=1S/C24H25N5O2/c1-28(24(31)22-19-9-5-6-10-20(19)29(2)27-22)16-13-11-15(12-14-16)21-17-7-3-4-8-18(17)23(30)26-25-21/h3-10,15-16H,11-14H2,1-2H3,(H,26,30)/t15-,16-. The predicted octanol–water partition coefficient (Wildman–Crippen LogP) is 3.61. The molecule has 1 fully saturated rings. The molecular weight excluding hydrogens is 390 g/mol. The molecule has 1 aliphatic carbocycles. The lowest BCUT2D eigenvalue weighted by atomic mass is 9.82. The smallest absolute Gasteiger partial charge is 0.274 e. The Morgan fingerprint density at radius 3 is 2.39 bits per heavy atom. The average molecular weight is 415 g/mol. The highest BCUT2D eigenvalue weighted by Crippen LogP contribution is 2.36. The van der Waals surface area contributed by atoms with Gasteiger partial charge in [0.15, 0.2) is 5.69 Å². The molecule has 0 aliphatic heterocycles. The van der Waals surface area contributed by atoms with Crippen molar-refractivity contribution in [3.05, 3.63) is 70.3 Å². The molecule has 1 amide bonds. The number of hydrogen-bond donors (Lipinski definition) is 1. The van der Waals surface area contributed by atoms with Crippen LogP contribution in [0.3, 0.4) is 0 Å². The molecule has 2 heterocycles. The van der Waals surface area contributed by atoms with E-state index in [4.69, 9.17) is 0 Å². The minimum absolute atomic E-state index is 0.0344. The molecular formula is C24H25N5O2. The fourth-order valence-corrected chi connectivity index (χ4v) is 4.89. The van der Waals surface area contributed by atoms with Crippen molar-refractivity contribution in [2.24, 2.45) is 7.05 Å². The van der Waals surface area contributed by atoms with Crippen molar-refractivity contribution in [2.75, 3.05) is 7.05 Å². The molecule has 7 heteroatoms. The van der Waals surface area contributed by atoms with Crippen LogP contribution in [0.15, 0.2) is 53.3 Å². The SMILES string of the molecule is Cn1nc(C(=O)N(C)[C@H]2CC[C@H](c3n[nH]c(=O)c4ccccc43)CC2)c2ccccc21. The quantitative estimate of drug-likeness (QED) is 0.554. The number of para-hydroxylation sites is 1. The van der Waals surface area contributed by atoms with Gasteiger partial charge >= 0.3 is 0 Å². The molecule has 4 aromatic rings. The molecule has 1 saturated carbocycles. The number of aryl methyl sites for hydroxylation is 1. The van der Waals surface area contributed by atoms with E-state index in [9.17, 15) is 9.59 Å². The van der Waals surface area contributed by atoms with Crippen LogP contribution < -0.4 is 5.56 Å². The first-order valence-electron chi connectivity index (χ1n) is 10.7. The Labute approximate surface area is 179 Å². The van der Waals surface area contributed by atoms with Crippen LogP contribution in [0.5, 0.6) is 0 Å². The number of fused-ring (bicyclic) bond motifs is 2. The van der Waals surface area contributed by atoms with Gasteiger partial charge < -0.3 is 4.90 Å². The Balaban J connectivity index is 1.34. The van der Waals surface area contributed by atoms with Crippen molar-refractivity contribution in [2.45, 2.75) is 37.6 Å². The Morgan fingerprint density at radius 1 is 1.00 bits per heavy atom. The fourth-order valence-electron chi connectivity index (χ4n) is 4.89. The van der Waals surface area contributed by atoms with Crippen molar-refractivity contribution >= 4 is 27.6 Å². The van der Waals surface area contributed by atoms with Crippen molar-refractivity contribution in [1.82, 2.24) is 24.9 Å². The van der Waals surface area contributed by atoms with Crippen molar-refractivity contribution in [3.63, 3.8) is 0 Å². The van der Waals surface area contributed by atoms with Gasteiger partial charge in [0.25, 0.3) is 11.5 Å². The van der Waals surface area contributed by atoms with E-state index >= 15 is 0 Å². The summed E-state index contributed by atoms with van der Waals surface area (Å²) in [4.78, 5) is 27.2. The van der Waals surface area contributed by atoms with Gasteiger partial charge in [0.1, 0.15) is 0 Å². The lowest BCUT2D eigenvalue weighted by Gasteiger charge is -2.34. The van der Waals surface area contributed by atoms with Gasteiger partial charge in [0.2, 0.25) is 0 Å². The van der Waals surface area contributed by atoms with Crippen molar-refractivity contribution in [1.29, 1.82) is 0 Å². The zero-order valence-electron chi connectivity index (χ0n) is 17.7. The molecule has 0 atom stereocenters. The number of hydrogen-bond acceptors (Lipinski definition) is 4. The van der Waals surface area contributed by atoms with E-state index in [0.717, 1.165) is 47.7 Å². The number of nitrogens with one attached hydrogen (secondary N) is 1. The molecule has 31 heavy (non-hydrogen) atoms. The maximum Gasteiger partial charge on any atom is 0.274 e. The van der Waals surface area contributed by atoms with Crippen LogP contribution in [0.1, 0.15) is 47.8 Å². The summed E-state index contributed by atoms with van der Waals surface area (Å²) in [5.41, 5.74) is 2.27. The first-order valence-corrected chi connectivity index (χ1v) is 10.7. The fraction of sp³-hybridized carbons (Fsp3) is 0.333. The van der Waals surface area contributed by atoms with E-state index in [-0.39, 0.29) is 23.4 Å². The molecule has 0 bridgehead atoms. The summed E-state index contributed by atoms with van der Waals surface area (Å²) < 4.78 is 1.76. The minimum atomic E-state index is -0.152. The van der Waals surface area contributed by atoms with Crippen LogP contribution in [0.25, 0.3) is 21.7 Å². The lowest BCUT2D eigenvalue weighted by molar-refractivity contribution is 0.0684. The molecule has 0 radical (unpaired) electrons. The second-order valence-corrected chi connectivity index (χ2v) is 8.39. The normalized spacial score (nSPS) is 19.0. The molecule has 7 nitrogen and oxygen atoms in total. The van der Waals surface area contributed by atoms with Crippen molar-refractivity contribution < 1.29 is 4.79 Å². The number of aromatic nitrogens is 4. The summed E-state index contributed by atoms with van der Waals surface area (Å²) in [6, 6.07) is 15.6. The number of carbonyl (C=O) groups is 1. The number of carbonyl (C=O) groups excluding carboxylic acids is 1. The highest BCUT2D eigenvalue weighted by atomic mass is 16.2. The zero-order valence-corrected chi connectivity index (χ0v) is 17.7. The topological polar surface area (TPSA) is 83.9 Å². The monoisotopic (exact) mass is 415 g/mol. The van der Waals surface area contributed by atoms with Gasteiger partial charge in [0, 0.05) is 36.8 Å². The Hall–Kier alpha value is -3.48. The lowest BCUT2D eigenvalue weighted by Crippen LogP contribution is -2.39. The van der Waals surface area contributed by atoms with E-state index in [2.05, 4.69) is 15.3 Å². The first kappa shape index (κ1) is 19.5. The summed E-state index contributed by atoms with van der Waals surface area (Å²) in [6.45, 7) is 0. The van der Waals surface area contributed by atoms with E-state index in [1.807, 2.05) is 67.5 Å². The van der Waals surface area contributed by atoms with Gasteiger partial charge in [-0.3, -0.25) is 14.3 Å². The van der Waals surface area contributed by atoms with Crippen molar-refractivity contribution in [3.8, 4) is 0 Å². The molecule has 0 spiro atoms. The van der Waals surface area contributed by atoms with E-state index in [0.29, 0.717) is 11.1 Å². The maximum atomic E-state index is 13.2. The Kier molecular flexibility index (Phi) is 4.81. The summed E-state index contributed by atoms with van der Waals surface area (Å²) in [7, 11) is 3.75. The average Bonchev–Trinajstić information content (AvgIpc) is 3.15.